The molecule has 4 aromatic rings. The highest BCUT2D eigenvalue weighted by Crippen LogP contribution is 2.35. The standard InChI is InChI=1S/C31H27ClN2O3S/c1-4-37-30(36)26-27(22-8-6-5-7-9-22)33-31-34(28(26)23-14-12-21(13-15-23)19(2)3)29(35)25(38-31)18-20-10-16-24(32)17-11-20/h5-19,28H,4H2,1-3H3/b25-18-. The van der Waals surface area contributed by atoms with Gasteiger partial charge in [0.15, 0.2) is 4.80 Å². The van der Waals surface area contributed by atoms with Gasteiger partial charge in [-0.3, -0.25) is 9.36 Å². The number of carbonyl (C=O) groups excluding carboxylic acids is 1. The van der Waals surface area contributed by atoms with E-state index in [2.05, 4.69) is 26.0 Å². The number of ether oxygens (including phenoxy) is 1. The van der Waals surface area contributed by atoms with Gasteiger partial charge >= 0.3 is 5.97 Å². The van der Waals surface area contributed by atoms with Gasteiger partial charge in [-0.15, -0.1) is 0 Å². The van der Waals surface area contributed by atoms with Crippen molar-refractivity contribution in [1.29, 1.82) is 0 Å². The normalized spacial score (nSPS) is 15.4. The predicted octanol–water partition coefficient (Wildman–Crippen LogP) is 5.71. The van der Waals surface area contributed by atoms with Crippen LogP contribution >= 0.6 is 22.9 Å². The Kier molecular flexibility index (Phi) is 7.45. The first kappa shape index (κ1) is 25.9. The van der Waals surface area contributed by atoms with Crippen molar-refractivity contribution < 1.29 is 9.53 Å². The second kappa shape index (κ2) is 10.9. The monoisotopic (exact) mass is 542 g/mol. The van der Waals surface area contributed by atoms with Gasteiger partial charge in [0, 0.05) is 10.6 Å². The lowest BCUT2D eigenvalue weighted by Crippen LogP contribution is -2.40. The van der Waals surface area contributed by atoms with Gasteiger partial charge in [-0.2, -0.15) is 0 Å². The Bertz CT molecular complexity index is 1680. The van der Waals surface area contributed by atoms with Crippen LogP contribution < -0.4 is 14.9 Å². The molecule has 5 nitrogen and oxygen atoms in total. The van der Waals surface area contributed by atoms with Crippen LogP contribution in [0.4, 0.5) is 0 Å². The van der Waals surface area contributed by atoms with E-state index in [9.17, 15) is 9.59 Å². The van der Waals surface area contributed by atoms with E-state index >= 15 is 0 Å². The summed E-state index contributed by atoms with van der Waals surface area (Å²) in [6, 6.07) is 24.3. The average Bonchev–Trinajstić information content (AvgIpc) is 3.24. The maximum Gasteiger partial charge on any atom is 0.338 e. The summed E-state index contributed by atoms with van der Waals surface area (Å²) in [5, 5.41) is 0.625. The first-order chi connectivity index (χ1) is 18.4. The number of nitrogens with zero attached hydrogens (tertiary/aromatic N) is 2. The van der Waals surface area contributed by atoms with Crippen LogP contribution in [0.3, 0.4) is 0 Å². The van der Waals surface area contributed by atoms with Crippen LogP contribution in [0.5, 0.6) is 0 Å². The SMILES string of the molecule is CCOC(=O)C1=C(c2ccccc2)N=c2s/c(=C\c3ccc(Cl)cc3)c(=O)n2C1c1ccc(C(C)C)cc1. The van der Waals surface area contributed by atoms with E-state index in [1.54, 1.807) is 23.6 Å². The molecule has 0 fully saturated rings. The van der Waals surface area contributed by atoms with Crippen molar-refractivity contribution in [2.75, 3.05) is 6.61 Å². The third kappa shape index (κ3) is 5.02. The van der Waals surface area contributed by atoms with Crippen molar-refractivity contribution in [3.8, 4) is 0 Å². The molecule has 0 spiro atoms. The Morgan fingerprint density at radius 3 is 2.37 bits per heavy atom. The molecule has 0 amide bonds. The lowest BCUT2D eigenvalue weighted by molar-refractivity contribution is -0.138. The van der Waals surface area contributed by atoms with Gasteiger partial charge in [0.25, 0.3) is 5.56 Å². The summed E-state index contributed by atoms with van der Waals surface area (Å²) >= 11 is 7.35. The Morgan fingerprint density at radius 2 is 1.74 bits per heavy atom. The molecule has 1 aromatic heterocycles. The van der Waals surface area contributed by atoms with Crippen LogP contribution in [0.15, 0.2) is 94.2 Å². The van der Waals surface area contributed by atoms with Crippen LogP contribution in [-0.2, 0) is 9.53 Å². The highest BCUT2D eigenvalue weighted by molar-refractivity contribution is 7.07. The molecule has 3 aromatic carbocycles. The molecule has 38 heavy (non-hydrogen) atoms. The summed E-state index contributed by atoms with van der Waals surface area (Å²) in [4.78, 5) is 32.8. The highest BCUT2D eigenvalue weighted by atomic mass is 35.5. The van der Waals surface area contributed by atoms with Crippen molar-refractivity contribution >= 4 is 40.7 Å². The van der Waals surface area contributed by atoms with Crippen LogP contribution in [0.2, 0.25) is 5.02 Å². The molecule has 0 radical (unpaired) electrons. The van der Waals surface area contributed by atoms with E-state index in [1.807, 2.05) is 60.7 Å². The van der Waals surface area contributed by atoms with Crippen molar-refractivity contribution in [2.45, 2.75) is 32.7 Å². The summed E-state index contributed by atoms with van der Waals surface area (Å²) in [5.41, 5.74) is 4.28. The van der Waals surface area contributed by atoms with Gasteiger partial charge in [0.2, 0.25) is 0 Å². The quantitative estimate of drug-likeness (QED) is 0.293. The largest absolute Gasteiger partial charge is 0.463 e. The predicted molar refractivity (Wildman–Crippen MR) is 153 cm³/mol. The fraction of sp³-hybridized carbons (Fsp3) is 0.194. The van der Waals surface area contributed by atoms with Crippen LogP contribution in [0.25, 0.3) is 11.8 Å². The number of hydrogen-bond acceptors (Lipinski definition) is 5. The molecule has 192 valence electrons. The first-order valence-electron chi connectivity index (χ1n) is 12.5. The number of fused-ring (bicyclic) bond motifs is 1. The van der Waals surface area contributed by atoms with Gasteiger partial charge in [-0.25, -0.2) is 9.79 Å². The highest BCUT2D eigenvalue weighted by Gasteiger charge is 2.35. The molecule has 0 saturated heterocycles. The zero-order valence-electron chi connectivity index (χ0n) is 21.4. The Labute approximate surface area is 230 Å². The minimum absolute atomic E-state index is 0.212. The third-order valence-corrected chi connectivity index (χ3v) is 7.70. The molecule has 1 unspecified atom stereocenters. The van der Waals surface area contributed by atoms with Gasteiger partial charge in [-0.1, -0.05) is 104 Å². The molecular formula is C31H27ClN2O3S. The number of aromatic nitrogens is 1. The smallest absolute Gasteiger partial charge is 0.338 e. The second-order valence-corrected chi connectivity index (χ2v) is 10.7. The molecule has 1 atom stereocenters. The van der Waals surface area contributed by atoms with Crippen LogP contribution in [-0.4, -0.2) is 17.1 Å². The topological polar surface area (TPSA) is 60.7 Å². The minimum atomic E-state index is -0.686. The van der Waals surface area contributed by atoms with Crippen molar-refractivity contribution in [2.24, 2.45) is 4.99 Å². The van der Waals surface area contributed by atoms with E-state index in [-0.39, 0.29) is 12.2 Å². The number of halogens is 1. The third-order valence-electron chi connectivity index (χ3n) is 6.46. The van der Waals surface area contributed by atoms with E-state index < -0.39 is 12.0 Å². The molecule has 0 aliphatic carbocycles. The summed E-state index contributed by atoms with van der Waals surface area (Å²) < 4.78 is 7.67. The number of benzene rings is 3. The molecule has 1 aliphatic heterocycles. The molecule has 0 N–H and O–H groups in total. The average molecular weight is 543 g/mol. The first-order valence-corrected chi connectivity index (χ1v) is 13.7. The van der Waals surface area contributed by atoms with Crippen LogP contribution in [0, 0.1) is 0 Å². The minimum Gasteiger partial charge on any atom is -0.463 e. The lowest BCUT2D eigenvalue weighted by Gasteiger charge is -2.26. The molecule has 0 saturated carbocycles. The molecular weight excluding hydrogens is 516 g/mol. The van der Waals surface area contributed by atoms with Crippen LogP contribution in [0.1, 0.15) is 55.0 Å². The zero-order valence-corrected chi connectivity index (χ0v) is 22.9. The number of rotatable bonds is 6. The zero-order chi connectivity index (χ0) is 26.8. The molecule has 0 bridgehead atoms. The number of thiazole rings is 1. The molecule has 5 rings (SSSR count). The van der Waals surface area contributed by atoms with E-state index in [0.29, 0.717) is 31.5 Å². The molecule has 2 heterocycles. The Morgan fingerprint density at radius 1 is 1.05 bits per heavy atom. The number of hydrogen-bond donors (Lipinski definition) is 0. The maximum atomic E-state index is 13.9. The number of carbonyl (C=O) groups is 1. The van der Waals surface area contributed by atoms with E-state index in [0.717, 1.165) is 16.7 Å². The van der Waals surface area contributed by atoms with E-state index in [4.69, 9.17) is 21.3 Å². The fourth-order valence-corrected chi connectivity index (χ4v) is 5.66. The van der Waals surface area contributed by atoms with Gasteiger partial charge in [0.05, 0.1) is 28.5 Å². The van der Waals surface area contributed by atoms with Crippen molar-refractivity contribution in [3.05, 3.63) is 131 Å². The van der Waals surface area contributed by atoms with Crippen molar-refractivity contribution in [1.82, 2.24) is 4.57 Å². The van der Waals surface area contributed by atoms with Gasteiger partial charge < -0.3 is 4.74 Å². The fourth-order valence-electron chi connectivity index (χ4n) is 4.53. The summed E-state index contributed by atoms with van der Waals surface area (Å²) in [6.07, 6.45) is 1.83. The number of esters is 1. The van der Waals surface area contributed by atoms with Crippen molar-refractivity contribution in [3.63, 3.8) is 0 Å². The Balaban J connectivity index is 1.81. The molecule has 1 aliphatic rings. The molecule has 7 heteroatoms. The maximum absolute atomic E-state index is 13.9. The lowest BCUT2D eigenvalue weighted by atomic mass is 9.91. The summed E-state index contributed by atoms with van der Waals surface area (Å²) in [7, 11) is 0. The second-order valence-electron chi connectivity index (χ2n) is 9.30. The van der Waals surface area contributed by atoms with Gasteiger partial charge in [-0.05, 0) is 47.7 Å². The van der Waals surface area contributed by atoms with E-state index in [1.165, 1.54) is 16.9 Å². The van der Waals surface area contributed by atoms with Gasteiger partial charge in [0.1, 0.15) is 0 Å². The summed E-state index contributed by atoms with van der Waals surface area (Å²) in [5.74, 6) is -0.134. The Hall–Kier alpha value is -3.74. The summed E-state index contributed by atoms with van der Waals surface area (Å²) in [6.45, 7) is 6.25.